The zero-order valence-corrected chi connectivity index (χ0v) is 14.5. The molecule has 0 aromatic heterocycles. The van der Waals surface area contributed by atoms with Crippen LogP contribution in [0.25, 0.3) is 0 Å². The van der Waals surface area contributed by atoms with E-state index in [9.17, 15) is 0 Å². The molecule has 0 saturated carbocycles. The zero-order valence-electron chi connectivity index (χ0n) is 12.7. The third-order valence-electron chi connectivity index (χ3n) is 3.47. The maximum atomic E-state index is 2.41. The van der Waals surface area contributed by atoms with Gasteiger partial charge in [-0.05, 0) is 23.6 Å². The number of allylic oxidation sites excluding steroid dienone is 4. The Morgan fingerprint density at radius 3 is 2.37 bits per heavy atom. The van der Waals surface area contributed by atoms with Gasteiger partial charge in [-0.2, -0.15) is 11.2 Å². The summed E-state index contributed by atoms with van der Waals surface area (Å²) in [4.78, 5) is 1.47. The Hall–Kier alpha value is -0.733. The van der Waals surface area contributed by atoms with E-state index in [1.165, 1.54) is 16.0 Å². The highest BCUT2D eigenvalue weighted by Gasteiger charge is 2.29. The molecule has 0 fully saturated rings. The molecule has 1 aliphatic rings. The van der Waals surface area contributed by atoms with Gasteiger partial charge >= 0.3 is 0 Å². The molecule has 0 radical (unpaired) electrons. The highest BCUT2D eigenvalue weighted by Crippen LogP contribution is 2.41. The van der Waals surface area contributed by atoms with E-state index in [4.69, 9.17) is 0 Å². The van der Waals surface area contributed by atoms with Gasteiger partial charge < -0.3 is 0 Å². The number of rotatable bonds is 4. The second kappa shape index (κ2) is 5.33. The third-order valence-corrected chi connectivity index (χ3v) is 7.15. The van der Waals surface area contributed by atoms with Crippen LogP contribution >= 0.6 is 11.2 Å². The molecule has 0 amide bonds. The highest BCUT2D eigenvalue weighted by atomic mass is 32.4. The number of hydrogen-bond acceptors (Lipinski definition) is 1. The molecule has 2 rings (SSSR count). The lowest BCUT2D eigenvalue weighted by atomic mass is 9.78. The summed E-state index contributed by atoms with van der Waals surface area (Å²) in [5.41, 5.74) is 3.03. The molecule has 102 valence electrons. The van der Waals surface area contributed by atoms with E-state index in [1.54, 1.807) is 0 Å². The van der Waals surface area contributed by atoms with E-state index >= 15 is 0 Å². The maximum Gasteiger partial charge on any atom is 0.114 e. The number of hydrogen-bond donors (Lipinski definition) is 0. The van der Waals surface area contributed by atoms with E-state index in [2.05, 4.69) is 87.2 Å². The molecule has 0 bridgehead atoms. The predicted octanol–water partition coefficient (Wildman–Crippen LogP) is 5.78. The predicted molar refractivity (Wildman–Crippen MR) is 90.5 cm³/mol. The smallest absolute Gasteiger partial charge is 0.114 e. The van der Waals surface area contributed by atoms with Crippen molar-refractivity contribution < 1.29 is 0 Å². The number of benzene rings is 1. The monoisotopic (exact) mass is 288 g/mol. The van der Waals surface area contributed by atoms with Crippen LogP contribution < -0.4 is 0 Å². The second-order valence-electron chi connectivity index (χ2n) is 6.63. The minimum absolute atomic E-state index is 0.107. The van der Waals surface area contributed by atoms with Crippen molar-refractivity contribution in [1.82, 2.24) is 0 Å². The molecule has 0 aliphatic heterocycles. The first kappa shape index (κ1) is 14.7. The van der Waals surface area contributed by atoms with Gasteiger partial charge in [0.2, 0.25) is 0 Å². The summed E-state index contributed by atoms with van der Waals surface area (Å²) in [5.74, 6) is 0. The van der Waals surface area contributed by atoms with Crippen LogP contribution in [-0.4, -0.2) is 7.22 Å². The van der Waals surface area contributed by atoms with Crippen LogP contribution in [0.2, 0.25) is 19.6 Å². The molecule has 1 aliphatic carbocycles. The first-order valence-corrected chi connectivity index (χ1v) is 12.0. The second-order valence-corrected chi connectivity index (χ2v) is 15.8. The first-order valence-electron chi connectivity index (χ1n) is 6.96. The summed E-state index contributed by atoms with van der Waals surface area (Å²) in [6.07, 6.45) is 7.99. The fraction of sp³-hybridized carbons (Fsp3) is 0.412. The van der Waals surface area contributed by atoms with Crippen LogP contribution in [0.1, 0.15) is 25.8 Å². The van der Waals surface area contributed by atoms with Gasteiger partial charge in [-0.15, -0.1) is 0 Å². The Bertz CT molecular complexity index is 518. The van der Waals surface area contributed by atoms with Gasteiger partial charge in [-0.25, -0.2) is 0 Å². The van der Waals surface area contributed by atoms with Crippen LogP contribution in [0.5, 0.6) is 0 Å². The normalized spacial score (nSPS) is 15.7. The topological polar surface area (TPSA) is 0 Å². The Balaban J connectivity index is 2.42. The van der Waals surface area contributed by atoms with Crippen LogP contribution in [0.3, 0.4) is 0 Å². The molecule has 0 unspecified atom stereocenters. The average Bonchev–Trinajstić information content (AvgIpc) is 2.81. The molecule has 0 saturated heterocycles. The van der Waals surface area contributed by atoms with Crippen molar-refractivity contribution in [2.45, 2.75) is 50.2 Å². The van der Waals surface area contributed by atoms with Crippen LogP contribution in [0.15, 0.2) is 53.0 Å². The summed E-state index contributed by atoms with van der Waals surface area (Å²) in [5, 5.41) is 0. The van der Waals surface area contributed by atoms with Crippen molar-refractivity contribution in [3.05, 3.63) is 53.6 Å². The third kappa shape index (κ3) is 3.43. The largest absolute Gasteiger partial charge is 0.151 e. The van der Waals surface area contributed by atoms with E-state index in [-0.39, 0.29) is 5.41 Å². The van der Waals surface area contributed by atoms with Gasteiger partial charge in [-0.1, -0.05) is 69.9 Å². The highest BCUT2D eigenvalue weighted by molar-refractivity contribution is 8.28. The zero-order chi connectivity index (χ0) is 14.1. The van der Waals surface area contributed by atoms with Gasteiger partial charge in [0.25, 0.3) is 0 Å². The Morgan fingerprint density at radius 2 is 1.79 bits per heavy atom. The standard InChI is InChI=1S/C17H24SSi/c1-17(2,14-10-6-7-11-14)15-12-8-9-13-16(15)18-19(3,4)5/h6,8-13H,7H2,1-5H3. The van der Waals surface area contributed by atoms with Crippen LogP contribution in [-0.2, 0) is 5.41 Å². The molecule has 1 aromatic rings. The maximum absolute atomic E-state index is 2.41. The molecule has 1 aromatic carbocycles. The molecule has 0 atom stereocenters. The van der Waals surface area contributed by atoms with Crippen molar-refractivity contribution in [3.8, 4) is 0 Å². The van der Waals surface area contributed by atoms with Crippen molar-refractivity contribution in [2.75, 3.05) is 0 Å². The lowest BCUT2D eigenvalue weighted by Gasteiger charge is -2.30. The van der Waals surface area contributed by atoms with Crippen molar-refractivity contribution in [3.63, 3.8) is 0 Å². The molecule has 0 spiro atoms. The molecule has 2 heteroatoms. The summed E-state index contributed by atoms with van der Waals surface area (Å²) in [6.45, 7) is 11.9. The van der Waals surface area contributed by atoms with Gasteiger partial charge in [0.05, 0.1) is 0 Å². The fourth-order valence-electron chi connectivity index (χ4n) is 2.48. The Morgan fingerprint density at radius 1 is 1.11 bits per heavy atom. The minimum Gasteiger partial charge on any atom is -0.151 e. The van der Waals surface area contributed by atoms with E-state index in [0.717, 1.165) is 6.42 Å². The molecule has 0 heterocycles. The summed E-state index contributed by atoms with van der Waals surface area (Å²) < 4.78 is 0. The van der Waals surface area contributed by atoms with E-state index in [1.807, 2.05) is 0 Å². The van der Waals surface area contributed by atoms with E-state index in [0.29, 0.717) is 0 Å². The molecule has 0 N–H and O–H groups in total. The summed E-state index contributed by atoms with van der Waals surface area (Å²) in [6, 6.07) is 8.93. The van der Waals surface area contributed by atoms with Gasteiger partial charge in [-0.3, -0.25) is 0 Å². The van der Waals surface area contributed by atoms with Gasteiger partial charge in [0, 0.05) is 10.3 Å². The lowest BCUT2D eigenvalue weighted by molar-refractivity contribution is 0.626. The molecular weight excluding hydrogens is 264 g/mol. The van der Waals surface area contributed by atoms with Gasteiger partial charge in [0.1, 0.15) is 7.22 Å². The molecular formula is C17H24SSi. The van der Waals surface area contributed by atoms with E-state index < -0.39 is 7.22 Å². The van der Waals surface area contributed by atoms with Crippen molar-refractivity contribution in [1.29, 1.82) is 0 Å². The van der Waals surface area contributed by atoms with Crippen LogP contribution in [0, 0.1) is 0 Å². The SMILES string of the molecule is CC(C)(C1=CCC=C1)c1ccccc1S[Si](C)(C)C. The van der Waals surface area contributed by atoms with Crippen molar-refractivity contribution in [2.24, 2.45) is 0 Å². The Labute approximate surface area is 122 Å². The quantitative estimate of drug-likeness (QED) is 0.633. The fourth-order valence-corrected chi connectivity index (χ4v) is 6.23. The average molecular weight is 289 g/mol. The van der Waals surface area contributed by atoms with Gasteiger partial charge in [0.15, 0.2) is 0 Å². The van der Waals surface area contributed by atoms with Crippen molar-refractivity contribution >= 4 is 18.4 Å². The summed E-state index contributed by atoms with van der Waals surface area (Å²) >= 11 is 2.10. The molecule has 0 nitrogen and oxygen atoms in total. The first-order chi connectivity index (χ1) is 8.81. The molecule has 19 heavy (non-hydrogen) atoms. The van der Waals surface area contributed by atoms with Crippen LogP contribution in [0.4, 0.5) is 0 Å². The lowest BCUT2D eigenvalue weighted by Crippen LogP contribution is -2.22. The summed E-state index contributed by atoms with van der Waals surface area (Å²) in [7, 11) is -1.17. The minimum atomic E-state index is -1.17. The Kier molecular flexibility index (Phi) is 4.12.